The molecule has 0 bridgehead atoms. The Kier molecular flexibility index (Phi) is 2.95. The summed E-state index contributed by atoms with van der Waals surface area (Å²) >= 11 is 0. The van der Waals surface area contributed by atoms with Gasteiger partial charge in [-0.3, -0.25) is 4.90 Å². The lowest BCUT2D eigenvalue weighted by Crippen LogP contribution is -2.55. The molecular formula is C14H21N7. The van der Waals surface area contributed by atoms with Crippen LogP contribution in [0.5, 0.6) is 0 Å². The molecule has 4 rings (SSSR count). The molecule has 112 valence electrons. The van der Waals surface area contributed by atoms with E-state index in [9.17, 15) is 0 Å². The van der Waals surface area contributed by atoms with Crippen molar-refractivity contribution in [1.82, 2.24) is 24.8 Å². The van der Waals surface area contributed by atoms with Gasteiger partial charge in [-0.1, -0.05) is 0 Å². The van der Waals surface area contributed by atoms with Crippen LogP contribution in [0.1, 0.15) is 19.8 Å². The summed E-state index contributed by atoms with van der Waals surface area (Å²) in [5.41, 5.74) is 1.66. The van der Waals surface area contributed by atoms with Crippen LogP contribution < -0.4 is 10.2 Å². The fraction of sp³-hybridized carbons (Fsp3) is 0.643. The standard InChI is InChI=1S/C14H21N7/c1-9-6-20-5-3-4-10(20)7-21(9)13-11-12(17-8-16-11)18-14(15-2)19-13/h8-10H,3-7H2,1-2H3,(H2,15,16,17,18,19). The predicted octanol–water partition coefficient (Wildman–Crippen LogP) is 1.07. The molecule has 2 aromatic rings. The van der Waals surface area contributed by atoms with E-state index in [2.05, 4.69) is 37.0 Å². The van der Waals surface area contributed by atoms with Crippen LogP contribution in [0.4, 0.5) is 11.8 Å². The average Bonchev–Trinajstić information content (AvgIpc) is 3.13. The van der Waals surface area contributed by atoms with Gasteiger partial charge in [0.15, 0.2) is 11.5 Å². The maximum atomic E-state index is 4.69. The van der Waals surface area contributed by atoms with E-state index in [1.165, 1.54) is 19.4 Å². The van der Waals surface area contributed by atoms with Crippen molar-refractivity contribution in [2.75, 3.05) is 36.9 Å². The van der Waals surface area contributed by atoms with Crippen molar-refractivity contribution >= 4 is 22.9 Å². The fourth-order valence-corrected chi connectivity index (χ4v) is 3.62. The fourth-order valence-electron chi connectivity index (χ4n) is 3.62. The third-order valence-corrected chi connectivity index (χ3v) is 4.70. The van der Waals surface area contributed by atoms with Crippen molar-refractivity contribution in [3.05, 3.63) is 6.33 Å². The Morgan fingerprint density at radius 1 is 1.33 bits per heavy atom. The highest BCUT2D eigenvalue weighted by Gasteiger charge is 2.35. The summed E-state index contributed by atoms with van der Waals surface area (Å²) < 4.78 is 0. The van der Waals surface area contributed by atoms with E-state index in [0.29, 0.717) is 18.0 Å². The minimum atomic E-state index is 0.449. The monoisotopic (exact) mass is 287 g/mol. The molecule has 2 fully saturated rings. The Bertz CT molecular complexity index is 652. The van der Waals surface area contributed by atoms with E-state index in [-0.39, 0.29) is 0 Å². The molecule has 0 radical (unpaired) electrons. The molecule has 0 saturated carbocycles. The van der Waals surface area contributed by atoms with E-state index >= 15 is 0 Å². The molecule has 2 aliphatic rings. The molecule has 2 N–H and O–H groups in total. The summed E-state index contributed by atoms with van der Waals surface area (Å²) in [5, 5.41) is 3.04. The van der Waals surface area contributed by atoms with Crippen LogP contribution in [0.25, 0.3) is 11.2 Å². The summed E-state index contributed by atoms with van der Waals surface area (Å²) in [4.78, 5) is 21.6. The van der Waals surface area contributed by atoms with E-state index in [4.69, 9.17) is 4.98 Å². The van der Waals surface area contributed by atoms with Gasteiger partial charge in [-0.25, -0.2) is 4.98 Å². The third-order valence-electron chi connectivity index (χ3n) is 4.70. The smallest absolute Gasteiger partial charge is 0.226 e. The van der Waals surface area contributed by atoms with Gasteiger partial charge in [-0.05, 0) is 26.3 Å². The second-order valence-electron chi connectivity index (χ2n) is 6.01. The number of hydrogen-bond acceptors (Lipinski definition) is 6. The van der Waals surface area contributed by atoms with Crippen molar-refractivity contribution in [2.45, 2.75) is 31.8 Å². The van der Waals surface area contributed by atoms with Crippen molar-refractivity contribution in [1.29, 1.82) is 0 Å². The molecular weight excluding hydrogens is 266 g/mol. The number of aromatic amines is 1. The topological polar surface area (TPSA) is 73.0 Å². The number of fused-ring (bicyclic) bond motifs is 2. The number of nitrogens with one attached hydrogen (secondary N) is 2. The second-order valence-corrected chi connectivity index (χ2v) is 6.01. The molecule has 2 aromatic heterocycles. The quantitative estimate of drug-likeness (QED) is 0.861. The van der Waals surface area contributed by atoms with Gasteiger partial charge < -0.3 is 15.2 Å². The minimum Gasteiger partial charge on any atom is -0.357 e. The number of rotatable bonds is 2. The predicted molar refractivity (Wildman–Crippen MR) is 82.6 cm³/mol. The first-order chi connectivity index (χ1) is 10.3. The van der Waals surface area contributed by atoms with Crippen LogP contribution in [-0.2, 0) is 0 Å². The number of imidazole rings is 1. The van der Waals surface area contributed by atoms with E-state index in [1.54, 1.807) is 6.33 Å². The first-order valence-corrected chi connectivity index (χ1v) is 7.66. The SMILES string of the molecule is CNc1nc(N2CC3CCCN3CC2C)c2[nH]cnc2n1. The first-order valence-electron chi connectivity index (χ1n) is 7.66. The van der Waals surface area contributed by atoms with Gasteiger partial charge in [0.2, 0.25) is 5.95 Å². The number of piperazine rings is 1. The number of aromatic nitrogens is 4. The summed E-state index contributed by atoms with van der Waals surface area (Å²) in [6.07, 6.45) is 4.30. The van der Waals surface area contributed by atoms with Crippen molar-refractivity contribution < 1.29 is 0 Å². The maximum absolute atomic E-state index is 4.69. The van der Waals surface area contributed by atoms with E-state index < -0.39 is 0 Å². The highest BCUT2D eigenvalue weighted by molar-refractivity contribution is 5.84. The lowest BCUT2D eigenvalue weighted by molar-refractivity contribution is 0.202. The second kappa shape index (κ2) is 4.84. The first kappa shape index (κ1) is 12.8. The zero-order valence-corrected chi connectivity index (χ0v) is 12.5. The van der Waals surface area contributed by atoms with Gasteiger partial charge in [-0.2, -0.15) is 9.97 Å². The number of nitrogens with zero attached hydrogens (tertiary/aromatic N) is 5. The summed E-state index contributed by atoms with van der Waals surface area (Å²) in [6, 6.07) is 1.11. The van der Waals surface area contributed by atoms with Crippen LogP contribution in [0.15, 0.2) is 6.33 Å². The third kappa shape index (κ3) is 2.03. The van der Waals surface area contributed by atoms with Gasteiger partial charge in [0.1, 0.15) is 5.52 Å². The molecule has 2 unspecified atom stereocenters. The highest BCUT2D eigenvalue weighted by Crippen LogP contribution is 2.31. The Morgan fingerprint density at radius 3 is 3.10 bits per heavy atom. The van der Waals surface area contributed by atoms with E-state index in [1.807, 2.05) is 7.05 Å². The summed E-state index contributed by atoms with van der Waals surface area (Å²) in [6.45, 7) is 5.67. The molecule has 0 spiro atoms. The van der Waals surface area contributed by atoms with Crippen molar-refractivity contribution in [3.63, 3.8) is 0 Å². The molecule has 21 heavy (non-hydrogen) atoms. The summed E-state index contributed by atoms with van der Waals surface area (Å²) in [5.74, 6) is 1.60. The van der Waals surface area contributed by atoms with Gasteiger partial charge >= 0.3 is 0 Å². The normalized spacial score (nSPS) is 26.3. The lowest BCUT2D eigenvalue weighted by atomic mass is 10.1. The van der Waals surface area contributed by atoms with Gasteiger partial charge in [0.25, 0.3) is 0 Å². The lowest BCUT2D eigenvalue weighted by Gasteiger charge is -2.43. The molecule has 0 aliphatic carbocycles. The zero-order chi connectivity index (χ0) is 14.4. The Labute approximate surface area is 123 Å². The maximum Gasteiger partial charge on any atom is 0.226 e. The number of hydrogen-bond donors (Lipinski definition) is 2. The molecule has 4 heterocycles. The Hall–Kier alpha value is -1.89. The molecule has 7 heteroatoms. The average molecular weight is 287 g/mol. The van der Waals surface area contributed by atoms with Gasteiger partial charge in [0, 0.05) is 32.2 Å². The van der Waals surface area contributed by atoms with Crippen LogP contribution in [0, 0.1) is 0 Å². The summed E-state index contributed by atoms with van der Waals surface area (Å²) in [7, 11) is 1.84. The van der Waals surface area contributed by atoms with Crippen molar-refractivity contribution in [3.8, 4) is 0 Å². The number of anilines is 2. The van der Waals surface area contributed by atoms with Crippen LogP contribution in [-0.4, -0.2) is 63.6 Å². The largest absolute Gasteiger partial charge is 0.357 e. The molecule has 2 saturated heterocycles. The van der Waals surface area contributed by atoms with Crippen molar-refractivity contribution in [2.24, 2.45) is 0 Å². The van der Waals surface area contributed by atoms with Crippen LogP contribution >= 0.6 is 0 Å². The Morgan fingerprint density at radius 2 is 2.24 bits per heavy atom. The molecule has 0 aromatic carbocycles. The molecule has 0 amide bonds. The minimum absolute atomic E-state index is 0.449. The van der Waals surface area contributed by atoms with Gasteiger partial charge in [-0.15, -0.1) is 0 Å². The van der Waals surface area contributed by atoms with E-state index in [0.717, 1.165) is 30.1 Å². The molecule has 7 nitrogen and oxygen atoms in total. The molecule has 2 aliphatic heterocycles. The highest BCUT2D eigenvalue weighted by atomic mass is 15.3. The van der Waals surface area contributed by atoms with Crippen LogP contribution in [0.3, 0.4) is 0 Å². The zero-order valence-electron chi connectivity index (χ0n) is 12.5. The molecule has 2 atom stereocenters. The number of H-pyrrole nitrogens is 1. The van der Waals surface area contributed by atoms with Crippen LogP contribution in [0.2, 0.25) is 0 Å². The Balaban J connectivity index is 1.76. The van der Waals surface area contributed by atoms with Gasteiger partial charge in [0.05, 0.1) is 6.33 Å².